The molecule has 48 heavy (non-hydrogen) atoms. The van der Waals surface area contributed by atoms with Crippen LogP contribution in [-0.2, 0) is 39.5 Å². The Hall–Kier alpha value is -1.63. The second-order valence-electron chi connectivity index (χ2n) is 16.7. The van der Waals surface area contributed by atoms with E-state index in [0.29, 0.717) is 19.3 Å². The van der Waals surface area contributed by atoms with Gasteiger partial charge in [0.25, 0.3) is 0 Å². The molecule has 1 saturated heterocycles. The number of hydrogen-bond acceptors (Lipinski definition) is 9. The van der Waals surface area contributed by atoms with Crippen LogP contribution in [0.15, 0.2) is 36.9 Å². The standard InChI is InChI=1S/C38H62O9Si/c1-14-30(43-22-26-15-17-27(42-11)18-16-26)37(23-45-36(8,9)47-37)29-21-31(46-48(12,13)34(3,4)5)38(40)20-19-28(35(38,6)7)33(44-24-41-10)32(39)25(29)2/h14-18,25,28-31,33,40H,1,19-24H2,2-13H3/t25-,28-,29+,30-,31+,33-,37-,38-/m1/s1. The first kappa shape index (κ1) is 39.2. The second-order valence-corrected chi connectivity index (χ2v) is 21.5. The number of methoxy groups -OCH3 is 2. The van der Waals surface area contributed by atoms with Crippen molar-refractivity contribution >= 4 is 14.1 Å². The minimum absolute atomic E-state index is 0.0270. The van der Waals surface area contributed by atoms with E-state index in [-0.39, 0.29) is 36.7 Å². The monoisotopic (exact) mass is 690 g/mol. The number of benzene rings is 1. The summed E-state index contributed by atoms with van der Waals surface area (Å²) >= 11 is 0. The van der Waals surface area contributed by atoms with Crippen LogP contribution in [0.4, 0.5) is 0 Å². The number of ketones is 1. The topological polar surface area (TPSA) is 102 Å². The van der Waals surface area contributed by atoms with Gasteiger partial charge in [0, 0.05) is 30.3 Å². The van der Waals surface area contributed by atoms with Crippen molar-refractivity contribution in [2.45, 2.75) is 135 Å². The highest BCUT2D eigenvalue weighted by Crippen LogP contribution is 2.59. The van der Waals surface area contributed by atoms with Gasteiger partial charge in [0.05, 0.1) is 32.0 Å². The van der Waals surface area contributed by atoms with Crippen molar-refractivity contribution in [2.75, 3.05) is 27.6 Å². The number of Topliss-reactive ketones (excluding diaryl/α,β-unsaturated/α-hetero) is 1. The van der Waals surface area contributed by atoms with Crippen molar-refractivity contribution in [1.82, 2.24) is 0 Å². The predicted octanol–water partition coefficient (Wildman–Crippen LogP) is 7.06. The van der Waals surface area contributed by atoms with Crippen LogP contribution in [0.2, 0.25) is 18.1 Å². The zero-order chi connectivity index (χ0) is 35.9. The highest BCUT2D eigenvalue weighted by molar-refractivity contribution is 6.74. The van der Waals surface area contributed by atoms with E-state index in [1.807, 2.05) is 45.0 Å². The number of hydrogen-bond donors (Lipinski definition) is 1. The van der Waals surface area contributed by atoms with Gasteiger partial charge in [-0.05, 0) is 68.9 Å². The molecule has 2 aliphatic carbocycles. The summed E-state index contributed by atoms with van der Waals surface area (Å²) in [5, 5.41) is 12.9. The van der Waals surface area contributed by atoms with E-state index >= 15 is 0 Å². The zero-order valence-electron chi connectivity index (χ0n) is 31.5. The first-order valence-electron chi connectivity index (χ1n) is 17.5. The first-order valence-corrected chi connectivity index (χ1v) is 20.4. The molecule has 2 saturated carbocycles. The molecule has 1 aromatic rings. The van der Waals surface area contributed by atoms with Crippen LogP contribution in [0.1, 0.15) is 80.2 Å². The molecule has 1 N–H and O–H groups in total. The van der Waals surface area contributed by atoms with E-state index < -0.39 is 60.9 Å². The Bertz CT molecular complexity index is 1270. The van der Waals surface area contributed by atoms with Crippen LogP contribution in [-0.4, -0.2) is 82.1 Å². The van der Waals surface area contributed by atoms with E-state index in [0.717, 1.165) is 11.3 Å². The van der Waals surface area contributed by atoms with Crippen molar-refractivity contribution in [3.05, 3.63) is 42.5 Å². The fourth-order valence-corrected chi connectivity index (χ4v) is 9.42. The van der Waals surface area contributed by atoms with Gasteiger partial charge in [-0.3, -0.25) is 4.79 Å². The third-order valence-corrected chi connectivity index (χ3v) is 16.7. The number of carbonyl (C=O) groups excluding carboxylic acids is 1. The summed E-state index contributed by atoms with van der Waals surface area (Å²) in [6.45, 7) is 25.5. The maximum absolute atomic E-state index is 14.8. The molecule has 2 bridgehead atoms. The van der Waals surface area contributed by atoms with Gasteiger partial charge in [-0.25, -0.2) is 0 Å². The van der Waals surface area contributed by atoms with Crippen molar-refractivity contribution in [2.24, 2.45) is 23.2 Å². The third kappa shape index (κ3) is 7.24. The van der Waals surface area contributed by atoms with Crippen molar-refractivity contribution in [1.29, 1.82) is 0 Å². The van der Waals surface area contributed by atoms with Crippen LogP contribution in [0.5, 0.6) is 5.75 Å². The average Bonchev–Trinajstić information content (AvgIpc) is 3.47. The van der Waals surface area contributed by atoms with Gasteiger partial charge >= 0.3 is 0 Å². The van der Waals surface area contributed by atoms with E-state index in [2.05, 4.69) is 54.3 Å². The zero-order valence-corrected chi connectivity index (χ0v) is 32.5. The van der Waals surface area contributed by atoms with Crippen LogP contribution in [0.25, 0.3) is 0 Å². The minimum Gasteiger partial charge on any atom is -0.497 e. The molecule has 0 amide bonds. The van der Waals surface area contributed by atoms with E-state index in [1.165, 1.54) is 0 Å². The Morgan fingerprint density at radius 3 is 2.27 bits per heavy atom. The molecule has 1 heterocycles. The van der Waals surface area contributed by atoms with Gasteiger partial charge < -0.3 is 38.0 Å². The van der Waals surface area contributed by atoms with Gasteiger partial charge in [-0.2, -0.15) is 0 Å². The smallest absolute Gasteiger partial charge is 0.192 e. The fraction of sp³-hybridized carbons (Fsp3) is 0.763. The van der Waals surface area contributed by atoms with Crippen LogP contribution < -0.4 is 4.74 Å². The SMILES string of the molecule is C=C[C@@H](OCc1ccc(OC)cc1)[C@]1([C@H]2C[C@H](O[Si](C)(C)C(C)(C)C)[C@]3(O)CC[C@H]([C@@H](OCOC)C(=O)[C@@H]2C)C3(C)C)COC(C)(C)O1. The summed E-state index contributed by atoms with van der Waals surface area (Å²) in [7, 11) is 0.765. The van der Waals surface area contributed by atoms with Crippen molar-refractivity contribution < 1.29 is 42.7 Å². The lowest BCUT2D eigenvalue weighted by Crippen LogP contribution is -2.61. The lowest BCUT2D eigenvalue weighted by Gasteiger charge is -2.51. The molecule has 0 spiro atoms. The highest BCUT2D eigenvalue weighted by atomic mass is 28.4. The molecule has 0 unspecified atom stereocenters. The molecule has 4 rings (SSSR count). The molecule has 3 aliphatic rings. The fourth-order valence-electron chi connectivity index (χ4n) is 8.06. The van der Waals surface area contributed by atoms with E-state index in [1.54, 1.807) is 20.3 Å². The maximum Gasteiger partial charge on any atom is 0.192 e. The molecule has 1 aliphatic heterocycles. The summed E-state index contributed by atoms with van der Waals surface area (Å²) < 4.78 is 44.2. The van der Waals surface area contributed by atoms with Crippen LogP contribution >= 0.6 is 0 Å². The highest BCUT2D eigenvalue weighted by Gasteiger charge is 2.66. The molecule has 272 valence electrons. The predicted molar refractivity (Wildman–Crippen MR) is 188 cm³/mol. The third-order valence-electron chi connectivity index (χ3n) is 12.2. The van der Waals surface area contributed by atoms with Crippen LogP contribution in [0, 0.1) is 23.2 Å². The first-order chi connectivity index (χ1) is 22.2. The molecule has 0 aromatic heterocycles. The average molecular weight is 691 g/mol. The number of fused-ring (bicyclic) bond motifs is 2. The maximum atomic E-state index is 14.8. The lowest BCUT2D eigenvalue weighted by atomic mass is 9.67. The Morgan fingerprint density at radius 2 is 1.75 bits per heavy atom. The summed E-state index contributed by atoms with van der Waals surface area (Å²) in [5.74, 6) is -1.54. The number of ether oxygens (including phenoxy) is 6. The van der Waals surface area contributed by atoms with Gasteiger partial charge in [-0.15, -0.1) is 6.58 Å². The molecular weight excluding hydrogens is 628 g/mol. The quantitative estimate of drug-likeness (QED) is 0.140. The lowest BCUT2D eigenvalue weighted by molar-refractivity contribution is -0.216. The molecule has 1 aromatic carbocycles. The molecular formula is C38H62O9Si. The van der Waals surface area contributed by atoms with E-state index in [4.69, 9.17) is 32.8 Å². The summed E-state index contributed by atoms with van der Waals surface area (Å²) in [6.07, 6.45) is 1.21. The van der Waals surface area contributed by atoms with Gasteiger partial charge in [0.15, 0.2) is 19.9 Å². The number of rotatable bonds is 12. The molecule has 3 fully saturated rings. The van der Waals surface area contributed by atoms with Crippen molar-refractivity contribution in [3.63, 3.8) is 0 Å². The van der Waals surface area contributed by atoms with Crippen molar-refractivity contribution in [3.8, 4) is 5.75 Å². The van der Waals surface area contributed by atoms with Gasteiger partial charge in [-0.1, -0.05) is 59.8 Å². The van der Waals surface area contributed by atoms with Crippen LogP contribution in [0.3, 0.4) is 0 Å². The summed E-state index contributed by atoms with van der Waals surface area (Å²) in [5.41, 5.74) is -2.12. The molecule has 10 heteroatoms. The Labute approximate surface area is 290 Å². The van der Waals surface area contributed by atoms with Gasteiger partial charge in [0.1, 0.15) is 30.4 Å². The van der Waals surface area contributed by atoms with E-state index in [9.17, 15) is 9.90 Å². The Morgan fingerprint density at radius 1 is 1.10 bits per heavy atom. The second kappa shape index (κ2) is 14.2. The molecule has 0 radical (unpaired) electrons. The molecule has 9 nitrogen and oxygen atoms in total. The minimum atomic E-state index is -2.43. The normalized spacial score (nSPS) is 34.3. The Balaban J connectivity index is 1.88. The van der Waals surface area contributed by atoms with Gasteiger partial charge in [0.2, 0.25) is 0 Å². The summed E-state index contributed by atoms with van der Waals surface area (Å²) in [4.78, 5) is 14.8. The molecule has 8 atom stereocenters. The number of aliphatic hydroxyl groups is 1. The largest absolute Gasteiger partial charge is 0.497 e. The summed E-state index contributed by atoms with van der Waals surface area (Å²) in [6, 6.07) is 7.72. The Kier molecular flexibility index (Phi) is 11.6. The number of carbonyl (C=O) groups is 1.